The lowest BCUT2D eigenvalue weighted by Crippen LogP contribution is -2.32. The molecule has 0 atom stereocenters. The second-order valence-corrected chi connectivity index (χ2v) is 4.44. The van der Waals surface area contributed by atoms with Crippen LogP contribution in [0.1, 0.15) is 33.6 Å². The molecule has 1 aliphatic carbocycles. The molecule has 0 fully saturated rings. The highest BCUT2D eigenvalue weighted by atomic mass is 35.5. The van der Waals surface area contributed by atoms with E-state index < -0.39 is 0 Å². The molecule has 0 aromatic carbocycles. The van der Waals surface area contributed by atoms with Gasteiger partial charge in [0, 0.05) is 5.92 Å². The van der Waals surface area contributed by atoms with E-state index in [1.54, 1.807) is 19.9 Å². The first-order valence-corrected chi connectivity index (χ1v) is 5.78. The summed E-state index contributed by atoms with van der Waals surface area (Å²) in [5.74, 6) is -0.591. The number of nitrogens with one attached hydrogen (secondary N) is 1. The highest BCUT2D eigenvalue weighted by Gasteiger charge is 2.23. The largest absolute Gasteiger partial charge is 0.323 e. The first-order chi connectivity index (χ1) is 7.47. The summed E-state index contributed by atoms with van der Waals surface area (Å²) in [6, 6.07) is 0. The van der Waals surface area contributed by atoms with E-state index in [0.29, 0.717) is 12.1 Å². The molecule has 1 rings (SSSR count). The summed E-state index contributed by atoms with van der Waals surface area (Å²) < 4.78 is 0. The Morgan fingerprint density at radius 2 is 2.19 bits per heavy atom. The highest BCUT2D eigenvalue weighted by Crippen LogP contribution is 2.25. The summed E-state index contributed by atoms with van der Waals surface area (Å²) >= 11 is 5.93. The van der Waals surface area contributed by atoms with Gasteiger partial charge in [-0.25, -0.2) is 0 Å². The van der Waals surface area contributed by atoms with E-state index >= 15 is 0 Å². The van der Waals surface area contributed by atoms with Crippen LogP contribution in [-0.2, 0) is 9.59 Å². The number of ketones is 1. The van der Waals surface area contributed by atoms with Gasteiger partial charge < -0.3 is 5.32 Å². The van der Waals surface area contributed by atoms with Gasteiger partial charge in [0.2, 0.25) is 11.7 Å². The zero-order valence-corrected chi connectivity index (χ0v) is 10.5. The van der Waals surface area contributed by atoms with Crippen molar-refractivity contribution in [1.29, 1.82) is 0 Å². The van der Waals surface area contributed by atoms with Crippen molar-refractivity contribution in [3.05, 3.63) is 22.4 Å². The van der Waals surface area contributed by atoms with Crippen molar-refractivity contribution in [3.8, 4) is 0 Å². The molecule has 0 radical (unpaired) electrons. The number of allylic oxidation sites excluding steroid dienone is 3. The summed E-state index contributed by atoms with van der Waals surface area (Å²) in [5.41, 5.74) is 1.23. The molecule has 0 heterocycles. The van der Waals surface area contributed by atoms with Crippen molar-refractivity contribution in [2.45, 2.75) is 33.6 Å². The molecule has 0 bridgehead atoms. The fourth-order valence-electron chi connectivity index (χ4n) is 1.37. The monoisotopic (exact) mass is 241 g/mol. The lowest BCUT2D eigenvalue weighted by molar-refractivity contribution is -0.124. The van der Waals surface area contributed by atoms with E-state index in [9.17, 15) is 9.59 Å². The minimum atomic E-state index is -0.279. The predicted molar refractivity (Wildman–Crippen MR) is 63.9 cm³/mol. The van der Waals surface area contributed by atoms with Gasteiger partial charge in [0.25, 0.3) is 0 Å². The molecule has 3 nitrogen and oxygen atoms in total. The van der Waals surface area contributed by atoms with Crippen LogP contribution in [0.5, 0.6) is 0 Å². The Labute approximate surface area is 101 Å². The van der Waals surface area contributed by atoms with Crippen molar-refractivity contribution in [1.82, 2.24) is 5.32 Å². The van der Waals surface area contributed by atoms with Crippen molar-refractivity contribution < 1.29 is 9.59 Å². The van der Waals surface area contributed by atoms with Crippen LogP contribution in [0.2, 0.25) is 0 Å². The Bertz CT molecular complexity index is 380. The average molecular weight is 242 g/mol. The third kappa shape index (κ3) is 2.73. The Kier molecular flexibility index (Phi) is 4.30. The number of carbonyl (C=O) groups excluding carboxylic acids is 2. The van der Waals surface area contributed by atoms with Crippen LogP contribution in [0, 0.1) is 5.92 Å². The van der Waals surface area contributed by atoms with E-state index in [-0.39, 0.29) is 22.6 Å². The third-order valence-corrected chi connectivity index (χ3v) is 2.95. The van der Waals surface area contributed by atoms with Crippen molar-refractivity contribution in [2.24, 2.45) is 5.92 Å². The quantitative estimate of drug-likeness (QED) is 0.825. The number of Topliss-reactive ketones (excluding diaryl/α,β-unsaturated/α-hetero) is 1. The molecule has 1 amide bonds. The average Bonchev–Trinajstić information content (AvgIpc) is 2.25. The smallest absolute Gasteiger partial charge is 0.227 e. The van der Waals surface area contributed by atoms with Gasteiger partial charge in [-0.15, -0.1) is 0 Å². The zero-order chi connectivity index (χ0) is 12.3. The molecule has 0 spiro atoms. The fraction of sp³-hybridized carbons (Fsp3) is 0.500. The summed E-state index contributed by atoms with van der Waals surface area (Å²) in [4.78, 5) is 23.2. The molecule has 1 N–H and O–H groups in total. The topological polar surface area (TPSA) is 46.2 Å². The molecule has 0 saturated heterocycles. The Morgan fingerprint density at radius 3 is 2.69 bits per heavy atom. The molecule has 0 aromatic rings. The summed E-state index contributed by atoms with van der Waals surface area (Å²) in [6.07, 6.45) is 3.12. The Balaban J connectivity index is 2.77. The zero-order valence-electron chi connectivity index (χ0n) is 9.76. The molecule has 0 saturated carbocycles. The molecule has 4 heteroatoms. The molecule has 88 valence electrons. The number of rotatable bonds is 3. The maximum atomic E-state index is 11.8. The van der Waals surface area contributed by atoms with Crippen LogP contribution < -0.4 is 5.32 Å². The SMILES string of the molecule is CCC1=C(Cl)C(=O)C(NC(=O)C(C)C)=CC1. The molecule has 1 aliphatic rings. The van der Waals surface area contributed by atoms with Gasteiger partial charge in [-0.3, -0.25) is 9.59 Å². The van der Waals surface area contributed by atoms with Crippen molar-refractivity contribution >= 4 is 23.3 Å². The van der Waals surface area contributed by atoms with Crippen LogP contribution in [0.4, 0.5) is 0 Å². The summed E-state index contributed by atoms with van der Waals surface area (Å²) in [7, 11) is 0. The molecular weight excluding hydrogens is 226 g/mol. The first-order valence-electron chi connectivity index (χ1n) is 5.40. The normalized spacial score (nSPS) is 16.6. The molecule has 0 unspecified atom stereocenters. The number of hydrogen-bond acceptors (Lipinski definition) is 2. The van der Waals surface area contributed by atoms with Gasteiger partial charge in [0.15, 0.2) is 0 Å². The fourth-order valence-corrected chi connectivity index (χ4v) is 1.68. The van der Waals surface area contributed by atoms with Crippen LogP contribution >= 0.6 is 11.6 Å². The minimum absolute atomic E-state index is 0.149. The van der Waals surface area contributed by atoms with Gasteiger partial charge >= 0.3 is 0 Å². The maximum Gasteiger partial charge on any atom is 0.227 e. The summed E-state index contributed by atoms with van der Waals surface area (Å²) in [6.45, 7) is 5.51. The van der Waals surface area contributed by atoms with E-state index in [2.05, 4.69) is 5.32 Å². The molecule has 0 aromatic heterocycles. The van der Waals surface area contributed by atoms with Gasteiger partial charge in [-0.1, -0.05) is 38.4 Å². The minimum Gasteiger partial charge on any atom is -0.323 e. The van der Waals surface area contributed by atoms with Crippen LogP contribution in [0.25, 0.3) is 0 Å². The molecule has 0 aliphatic heterocycles. The van der Waals surface area contributed by atoms with Crippen LogP contribution in [0.3, 0.4) is 0 Å². The van der Waals surface area contributed by atoms with Gasteiger partial charge in [0.05, 0.1) is 10.7 Å². The second-order valence-electron chi connectivity index (χ2n) is 4.07. The van der Waals surface area contributed by atoms with E-state index in [4.69, 9.17) is 11.6 Å². The predicted octanol–water partition coefficient (Wildman–Crippen LogP) is 2.52. The standard InChI is InChI=1S/C12H16ClNO2/c1-4-8-5-6-9(11(15)10(8)13)14-12(16)7(2)3/h6-7H,4-5H2,1-3H3,(H,14,16). The van der Waals surface area contributed by atoms with Gasteiger partial charge in [-0.2, -0.15) is 0 Å². The first kappa shape index (κ1) is 13.0. The molecular formula is C12H16ClNO2. The van der Waals surface area contributed by atoms with Gasteiger partial charge in [-0.05, 0) is 18.4 Å². The number of amides is 1. The molecule has 16 heavy (non-hydrogen) atoms. The third-order valence-electron chi connectivity index (χ3n) is 2.52. The lowest BCUT2D eigenvalue weighted by Gasteiger charge is -2.16. The second kappa shape index (κ2) is 5.30. The van der Waals surface area contributed by atoms with E-state index in [0.717, 1.165) is 12.0 Å². The van der Waals surface area contributed by atoms with Crippen molar-refractivity contribution in [3.63, 3.8) is 0 Å². The van der Waals surface area contributed by atoms with Crippen molar-refractivity contribution in [2.75, 3.05) is 0 Å². The number of halogens is 1. The van der Waals surface area contributed by atoms with Crippen LogP contribution in [-0.4, -0.2) is 11.7 Å². The Hall–Kier alpha value is -1.09. The van der Waals surface area contributed by atoms with E-state index in [1.165, 1.54) is 0 Å². The number of carbonyl (C=O) groups is 2. The maximum absolute atomic E-state index is 11.8. The van der Waals surface area contributed by atoms with Crippen LogP contribution in [0.15, 0.2) is 22.4 Å². The Morgan fingerprint density at radius 1 is 1.56 bits per heavy atom. The summed E-state index contributed by atoms with van der Waals surface area (Å²) in [5, 5.41) is 2.85. The van der Waals surface area contributed by atoms with Gasteiger partial charge in [0.1, 0.15) is 0 Å². The van der Waals surface area contributed by atoms with E-state index in [1.807, 2.05) is 6.92 Å². The number of hydrogen-bond donors (Lipinski definition) is 1. The highest BCUT2D eigenvalue weighted by molar-refractivity contribution is 6.45. The lowest BCUT2D eigenvalue weighted by atomic mass is 10.00.